The molecule has 110 valence electrons. The molecule has 1 heterocycles. The van der Waals surface area contributed by atoms with Gasteiger partial charge in [-0.25, -0.2) is 0 Å². The minimum atomic E-state index is 0.921. The number of benzene rings is 1. The average Bonchev–Trinajstić information content (AvgIpc) is 2.92. The summed E-state index contributed by atoms with van der Waals surface area (Å²) < 4.78 is 0. The maximum Gasteiger partial charge on any atom is 0.0437 e. The first-order chi connectivity index (χ1) is 9.72. The first kappa shape index (κ1) is 14.4. The van der Waals surface area contributed by atoms with E-state index in [1.165, 1.54) is 69.3 Å². The normalized spacial score (nSPS) is 26.7. The molecule has 20 heavy (non-hydrogen) atoms. The molecule has 0 aromatic heterocycles. The van der Waals surface area contributed by atoms with E-state index in [1.54, 1.807) is 0 Å². The van der Waals surface area contributed by atoms with E-state index in [1.807, 2.05) is 0 Å². The van der Waals surface area contributed by atoms with Crippen LogP contribution in [0.4, 0.5) is 0 Å². The number of aryl methyl sites for hydroxylation is 2. The van der Waals surface area contributed by atoms with Gasteiger partial charge in [0.1, 0.15) is 0 Å². The second-order valence-electron chi connectivity index (χ2n) is 6.73. The fourth-order valence-electron chi connectivity index (χ4n) is 3.70. The molecule has 0 radical (unpaired) electrons. The third-order valence-electron chi connectivity index (χ3n) is 5.31. The molecule has 2 aliphatic rings. The zero-order valence-electron chi connectivity index (χ0n) is 12.6. The molecule has 1 saturated carbocycles. The van der Waals surface area contributed by atoms with Crippen molar-refractivity contribution in [3.05, 3.63) is 34.3 Å². The van der Waals surface area contributed by atoms with Gasteiger partial charge in [-0.3, -0.25) is 0 Å². The Bertz CT molecular complexity index is 451. The molecule has 1 aliphatic heterocycles. The standard InChI is InChI=1S/C18H26ClN/c1-14-4-5-15(12-18(14)19)6-7-16-8-9-17(16)13-20-10-2-3-11-20/h4-5,12,16-17H,2-3,6-11,13H2,1H3. The molecule has 0 bridgehead atoms. The SMILES string of the molecule is Cc1ccc(CCC2CCC2CN2CCCC2)cc1Cl. The lowest BCUT2D eigenvalue weighted by molar-refractivity contribution is 0.115. The van der Waals surface area contributed by atoms with Crippen LogP contribution < -0.4 is 0 Å². The smallest absolute Gasteiger partial charge is 0.0437 e. The highest BCUT2D eigenvalue weighted by atomic mass is 35.5. The lowest BCUT2D eigenvalue weighted by Gasteiger charge is -2.39. The Morgan fingerprint density at radius 2 is 1.90 bits per heavy atom. The quantitative estimate of drug-likeness (QED) is 0.760. The van der Waals surface area contributed by atoms with Crippen LogP contribution in [0.2, 0.25) is 5.02 Å². The van der Waals surface area contributed by atoms with Gasteiger partial charge in [-0.1, -0.05) is 23.7 Å². The van der Waals surface area contributed by atoms with Gasteiger partial charge in [0.2, 0.25) is 0 Å². The van der Waals surface area contributed by atoms with Gasteiger partial charge in [0.05, 0.1) is 0 Å². The Hall–Kier alpha value is -0.530. The predicted octanol–water partition coefficient (Wildman–Crippen LogP) is 4.70. The summed E-state index contributed by atoms with van der Waals surface area (Å²) in [4.78, 5) is 2.68. The Labute approximate surface area is 128 Å². The summed E-state index contributed by atoms with van der Waals surface area (Å²) in [6, 6.07) is 6.56. The van der Waals surface area contributed by atoms with Crippen LogP contribution in [-0.2, 0) is 6.42 Å². The second-order valence-corrected chi connectivity index (χ2v) is 7.13. The molecule has 2 atom stereocenters. The van der Waals surface area contributed by atoms with Crippen LogP contribution in [0.3, 0.4) is 0 Å². The Morgan fingerprint density at radius 3 is 2.55 bits per heavy atom. The van der Waals surface area contributed by atoms with Gasteiger partial charge < -0.3 is 4.90 Å². The van der Waals surface area contributed by atoms with Crippen molar-refractivity contribution in [2.75, 3.05) is 19.6 Å². The van der Waals surface area contributed by atoms with Crippen LogP contribution in [0.5, 0.6) is 0 Å². The maximum absolute atomic E-state index is 6.21. The molecule has 0 N–H and O–H groups in total. The fourth-order valence-corrected chi connectivity index (χ4v) is 3.90. The van der Waals surface area contributed by atoms with Gasteiger partial charge in [-0.15, -0.1) is 0 Å². The highest BCUT2D eigenvalue weighted by Gasteiger charge is 2.32. The molecule has 1 aromatic rings. The number of nitrogens with zero attached hydrogens (tertiary/aromatic N) is 1. The molecule has 0 spiro atoms. The minimum Gasteiger partial charge on any atom is -0.303 e. The van der Waals surface area contributed by atoms with Gasteiger partial charge >= 0.3 is 0 Å². The topological polar surface area (TPSA) is 3.24 Å². The summed E-state index contributed by atoms with van der Waals surface area (Å²) in [5.41, 5.74) is 2.60. The average molecular weight is 292 g/mol. The number of halogens is 1. The van der Waals surface area contributed by atoms with E-state index in [4.69, 9.17) is 11.6 Å². The van der Waals surface area contributed by atoms with Crippen LogP contribution in [0.1, 0.15) is 43.2 Å². The maximum atomic E-state index is 6.21. The summed E-state index contributed by atoms with van der Waals surface area (Å²) in [5.74, 6) is 1.92. The van der Waals surface area contributed by atoms with E-state index in [9.17, 15) is 0 Å². The van der Waals surface area contributed by atoms with Crippen LogP contribution in [0.15, 0.2) is 18.2 Å². The molecule has 1 aromatic carbocycles. The summed E-state index contributed by atoms with van der Waals surface area (Å²) in [5, 5.41) is 0.921. The van der Waals surface area contributed by atoms with Crippen molar-refractivity contribution in [3.8, 4) is 0 Å². The summed E-state index contributed by atoms with van der Waals surface area (Å²) in [6.45, 7) is 6.12. The van der Waals surface area contributed by atoms with E-state index < -0.39 is 0 Å². The molecule has 1 nitrogen and oxygen atoms in total. The first-order valence-electron chi connectivity index (χ1n) is 8.20. The van der Waals surface area contributed by atoms with Gasteiger partial charge in [-0.2, -0.15) is 0 Å². The van der Waals surface area contributed by atoms with Gasteiger partial charge in [0, 0.05) is 11.6 Å². The van der Waals surface area contributed by atoms with Crippen molar-refractivity contribution in [1.29, 1.82) is 0 Å². The number of rotatable bonds is 5. The molecule has 2 unspecified atom stereocenters. The van der Waals surface area contributed by atoms with Crippen molar-refractivity contribution in [3.63, 3.8) is 0 Å². The van der Waals surface area contributed by atoms with Crippen molar-refractivity contribution in [1.82, 2.24) is 4.90 Å². The lowest BCUT2D eigenvalue weighted by atomic mass is 9.71. The fraction of sp³-hybridized carbons (Fsp3) is 0.667. The van der Waals surface area contributed by atoms with E-state index >= 15 is 0 Å². The van der Waals surface area contributed by atoms with E-state index in [-0.39, 0.29) is 0 Å². The first-order valence-corrected chi connectivity index (χ1v) is 8.57. The molecule has 3 rings (SSSR count). The number of hydrogen-bond donors (Lipinski definition) is 0. The third-order valence-corrected chi connectivity index (χ3v) is 5.71. The van der Waals surface area contributed by atoms with Gasteiger partial charge in [0.25, 0.3) is 0 Å². The van der Waals surface area contributed by atoms with E-state index in [0.717, 1.165) is 16.9 Å². The van der Waals surface area contributed by atoms with Crippen molar-refractivity contribution in [2.45, 2.75) is 45.4 Å². The lowest BCUT2D eigenvalue weighted by Crippen LogP contribution is -2.37. The zero-order chi connectivity index (χ0) is 13.9. The minimum absolute atomic E-state index is 0.921. The van der Waals surface area contributed by atoms with Crippen molar-refractivity contribution < 1.29 is 0 Å². The molecular weight excluding hydrogens is 266 g/mol. The van der Waals surface area contributed by atoms with Crippen LogP contribution in [-0.4, -0.2) is 24.5 Å². The molecule has 2 fully saturated rings. The highest BCUT2D eigenvalue weighted by Crippen LogP contribution is 2.38. The van der Waals surface area contributed by atoms with E-state index in [2.05, 4.69) is 30.0 Å². The van der Waals surface area contributed by atoms with Crippen molar-refractivity contribution >= 4 is 11.6 Å². The second kappa shape index (κ2) is 6.49. The molecule has 2 heteroatoms. The Morgan fingerprint density at radius 1 is 1.15 bits per heavy atom. The van der Waals surface area contributed by atoms with Gasteiger partial charge in [-0.05, 0) is 87.6 Å². The zero-order valence-corrected chi connectivity index (χ0v) is 13.3. The predicted molar refractivity (Wildman–Crippen MR) is 86.4 cm³/mol. The summed E-state index contributed by atoms with van der Waals surface area (Å²) >= 11 is 6.21. The Kier molecular flexibility index (Phi) is 4.68. The number of likely N-dealkylation sites (tertiary alicyclic amines) is 1. The van der Waals surface area contributed by atoms with Crippen molar-refractivity contribution in [2.24, 2.45) is 11.8 Å². The van der Waals surface area contributed by atoms with Crippen LogP contribution in [0, 0.1) is 18.8 Å². The van der Waals surface area contributed by atoms with Crippen LogP contribution in [0.25, 0.3) is 0 Å². The largest absolute Gasteiger partial charge is 0.303 e. The summed E-state index contributed by atoms with van der Waals surface area (Å²) in [6.07, 6.45) is 8.27. The Balaban J connectivity index is 1.46. The third kappa shape index (κ3) is 3.38. The molecule has 0 amide bonds. The highest BCUT2D eigenvalue weighted by molar-refractivity contribution is 6.31. The van der Waals surface area contributed by atoms with Crippen LogP contribution >= 0.6 is 11.6 Å². The molecular formula is C18H26ClN. The van der Waals surface area contributed by atoms with Gasteiger partial charge in [0.15, 0.2) is 0 Å². The molecule has 1 aliphatic carbocycles. The monoisotopic (exact) mass is 291 g/mol. The summed E-state index contributed by atoms with van der Waals surface area (Å²) in [7, 11) is 0. The molecule has 1 saturated heterocycles. The van der Waals surface area contributed by atoms with E-state index in [0.29, 0.717) is 0 Å². The number of hydrogen-bond acceptors (Lipinski definition) is 1.